The SMILES string of the molecule is O=S(=O)(C/C=C\c1ccccc1)Cc1ccccc1. The van der Waals surface area contributed by atoms with Crippen molar-refractivity contribution in [2.75, 3.05) is 5.75 Å². The summed E-state index contributed by atoms with van der Waals surface area (Å²) in [6.07, 6.45) is 3.54. The van der Waals surface area contributed by atoms with Crippen molar-refractivity contribution in [3.8, 4) is 0 Å². The van der Waals surface area contributed by atoms with Gasteiger partial charge >= 0.3 is 0 Å². The lowest BCUT2D eigenvalue weighted by molar-refractivity contribution is 0.598. The van der Waals surface area contributed by atoms with E-state index >= 15 is 0 Å². The molecule has 0 aliphatic rings. The molecule has 0 aliphatic carbocycles. The molecule has 0 bridgehead atoms. The second kappa shape index (κ2) is 6.34. The molecule has 2 aromatic rings. The molecule has 0 aliphatic heterocycles. The first-order valence-electron chi connectivity index (χ1n) is 6.12. The summed E-state index contributed by atoms with van der Waals surface area (Å²) in [4.78, 5) is 0. The molecule has 3 heteroatoms. The summed E-state index contributed by atoms with van der Waals surface area (Å²) in [5.74, 6) is 0.157. The first-order valence-corrected chi connectivity index (χ1v) is 7.94. The van der Waals surface area contributed by atoms with Crippen LogP contribution in [0.5, 0.6) is 0 Å². The molecular formula is C16H16O2S. The van der Waals surface area contributed by atoms with Crippen LogP contribution in [-0.4, -0.2) is 14.2 Å². The Morgan fingerprint density at radius 1 is 0.842 bits per heavy atom. The molecule has 2 nitrogen and oxygen atoms in total. The minimum Gasteiger partial charge on any atom is -0.228 e. The summed E-state index contributed by atoms with van der Waals surface area (Å²) in [5.41, 5.74) is 1.84. The minimum absolute atomic E-state index is 0.0663. The van der Waals surface area contributed by atoms with Crippen LogP contribution in [0.15, 0.2) is 66.7 Å². The number of sulfone groups is 1. The predicted molar refractivity (Wildman–Crippen MR) is 79.4 cm³/mol. The fraction of sp³-hybridized carbons (Fsp3) is 0.125. The first kappa shape index (κ1) is 13.6. The van der Waals surface area contributed by atoms with Crippen LogP contribution in [0.1, 0.15) is 11.1 Å². The normalized spacial score (nSPS) is 11.8. The van der Waals surface area contributed by atoms with Crippen LogP contribution < -0.4 is 0 Å². The van der Waals surface area contributed by atoms with Gasteiger partial charge in [-0.3, -0.25) is 0 Å². The zero-order valence-corrected chi connectivity index (χ0v) is 11.4. The van der Waals surface area contributed by atoms with Crippen molar-refractivity contribution in [3.63, 3.8) is 0 Å². The van der Waals surface area contributed by atoms with Gasteiger partial charge in [0.15, 0.2) is 9.84 Å². The molecule has 0 fully saturated rings. The van der Waals surface area contributed by atoms with Gasteiger partial charge in [-0.2, -0.15) is 0 Å². The van der Waals surface area contributed by atoms with Gasteiger partial charge in [-0.25, -0.2) is 8.42 Å². The van der Waals surface area contributed by atoms with Crippen LogP contribution in [-0.2, 0) is 15.6 Å². The average Bonchev–Trinajstić information content (AvgIpc) is 2.40. The van der Waals surface area contributed by atoms with Gasteiger partial charge < -0.3 is 0 Å². The highest BCUT2D eigenvalue weighted by Crippen LogP contribution is 2.07. The van der Waals surface area contributed by atoms with E-state index in [0.29, 0.717) is 0 Å². The van der Waals surface area contributed by atoms with Crippen LogP contribution in [0, 0.1) is 0 Å². The summed E-state index contributed by atoms with van der Waals surface area (Å²) in [7, 11) is -3.09. The van der Waals surface area contributed by atoms with Crippen molar-refractivity contribution < 1.29 is 8.42 Å². The smallest absolute Gasteiger partial charge is 0.157 e. The zero-order chi connectivity index (χ0) is 13.6. The fourth-order valence-corrected chi connectivity index (χ4v) is 2.99. The second-order valence-corrected chi connectivity index (χ2v) is 6.46. The summed E-state index contributed by atoms with van der Waals surface area (Å²) in [6, 6.07) is 18.9. The van der Waals surface area contributed by atoms with E-state index in [1.807, 2.05) is 66.7 Å². The van der Waals surface area contributed by atoms with Gasteiger partial charge in [-0.15, -0.1) is 0 Å². The fourth-order valence-electron chi connectivity index (χ4n) is 1.78. The number of hydrogen-bond donors (Lipinski definition) is 0. The number of benzene rings is 2. The van der Waals surface area contributed by atoms with Gasteiger partial charge in [-0.05, 0) is 11.1 Å². The maximum atomic E-state index is 11.9. The lowest BCUT2D eigenvalue weighted by Crippen LogP contribution is -2.07. The largest absolute Gasteiger partial charge is 0.228 e. The van der Waals surface area contributed by atoms with E-state index in [1.165, 1.54) is 0 Å². The number of hydrogen-bond acceptors (Lipinski definition) is 2. The van der Waals surface area contributed by atoms with Gasteiger partial charge in [-0.1, -0.05) is 72.8 Å². The molecule has 0 atom stereocenters. The number of rotatable bonds is 5. The predicted octanol–water partition coefficient (Wildman–Crippen LogP) is 3.31. The molecule has 0 aromatic heterocycles. The van der Waals surface area contributed by atoms with Crippen molar-refractivity contribution >= 4 is 15.9 Å². The van der Waals surface area contributed by atoms with E-state index in [9.17, 15) is 8.42 Å². The van der Waals surface area contributed by atoms with Crippen molar-refractivity contribution in [3.05, 3.63) is 77.9 Å². The molecule has 0 saturated heterocycles. The van der Waals surface area contributed by atoms with Crippen molar-refractivity contribution in [1.29, 1.82) is 0 Å². The molecule has 0 spiro atoms. The van der Waals surface area contributed by atoms with Crippen LogP contribution in [0.4, 0.5) is 0 Å². The molecule has 0 saturated carbocycles. The first-order chi connectivity index (χ1) is 9.16. The molecule has 19 heavy (non-hydrogen) atoms. The molecule has 2 rings (SSSR count). The Kier molecular flexibility index (Phi) is 4.53. The Morgan fingerprint density at radius 2 is 1.42 bits per heavy atom. The minimum atomic E-state index is -3.09. The topological polar surface area (TPSA) is 34.1 Å². The lowest BCUT2D eigenvalue weighted by atomic mass is 10.2. The van der Waals surface area contributed by atoms with Crippen LogP contribution in [0.3, 0.4) is 0 Å². The van der Waals surface area contributed by atoms with E-state index in [1.54, 1.807) is 6.08 Å². The third-order valence-corrected chi connectivity index (χ3v) is 4.16. The highest BCUT2D eigenvalue weighted by molar-refractivity contribution is 7.90. The molecule has 0 radical (unpaired) electrons. The third kappa shape index (κ3) is 4.72. The highest BCUT2D eigenvalue weighted by atomic mass is 32.2. The molecule has 0 N–H and O–H groups in total. The van der Waals surface area contributed by atoms with E-state index in [2.05, 4.69) is 0 Å². The molecule has 0 heterocycles. The van der Waals surface area contributed by atoms with Gasteiger partial charge in [0, 0.05) is 0 Å². The Morgan fingerprint density at radius 3 is 2.05 bits per heavy atom. The van der Waals surface area contributed by atoms with Crippen LogP contribution in [0.25, 0.3) is 6.08 Å². The maximum absolute atomic E-state index is 11.9. The van der Waals surface area contributed by atoms with E-state index in [-0.39, 0.29) is 11.5 Å². The highest BCUT2D eigenvalue weighted by Gasteiger charge is 2.09. The summed E-state index contributed by atoms with van der Waals surface area (Å²) in [5, 5.41) is 0. The molecule has 2 aromatic carbocycles. The Bertz CT molecular complexity index is 629. The molecule has 0 unspecified atom stereocenters. The van der Waals surface area contributed by atoms with E-state index < -0.39 is 9.84 Å². The molecule has 0 amide bonds. The molecular weight excluding hydrogens is 256 g/mol. The Balaban J connectivity index is 1.97. The van der Waals surface area contributed by atoms with Gasteiger partial charge in [0.05, 0.1) is 11.5 Å². The van der Waals surface area contributed by atoms with Crippen LogP contribution in [0.2, 0.25) is 0 Å². The van der Waals surface area contributed by atoms with Gasteiger partial charge in [0.25, 0.3) is 0 Å². The van der Waals surface area contributed by atoms with E-state index in [4.69, 9.17) is 0 Å². The van der Waals surface area contributed by atoms with E-state index in [0.717, 1.165) is 11.1 Å². The van der Waals surface area contributed by atoms with Crippen molar-refractivity contribution in [2.24, 2.45) is 0 Å². The maximum Gasteiger partial charge on any atom is 0.157 e. The summed E-state index contributed by atoms with van der Waals surface area (Å²) < 4.78 is 23.9. The third-order valence-electron chi connectivity index (χ3n) is 2.69. The van der Waals surface area contributed by atoms with Crippen LogP contribution >= 0.6 is 0 Å². The Labute approximate surface area is 114 Å². The van der Waals surface area contributed by atoms with Gasteiger partial charge in [0.2, 0.25) is 0 Å². The van der Waals surface area contributed by atoms with Crippen molar-refractivity contribution in [2.45, 2.75) is 5.75 Å². The standard InChI is InChI=1S/C16H16O2S/c17-19(18,14-16-10-5-2-6-11-16)13-7-12-15-8-3-1-4-9-15/h1-12H,13-14H2/b12-7-. The summed E-state index contributed by atoms with van der Waals surface area (Å²) >= 11 is 0. The quantitative estimate of drug-likeness (QED) is 0.836. The lowest BCUT2D eigenvalue weighted by Gasteiger charge is -2.01. The molecule has 98 valence electrons. The second-order valence-electron chi connectivity index (χ2n) is 4.35. The average molecular weight is 272 g/mol. The Hall–Kier alpha value is -1.87. The zero-order valence-electron chi connectivity index (χ0n) is 10.6. The van der Waals surface area contributed by atoms with Crippen molar-refractivity contribution in [1.82, 2.24) is 0 Å². The van der Waals surface area contributed by atoms with Gasteiger partial charge in [0.1, 0.15) is 0 Å². The monoisotopic (exact) mass is 272 g/mol. The summed E-state index contributed by atoms with van der Waals surface area (Å²) in [6.45, 7) is 0.